The first kappa shape index (κ1) is 10.1. The van der Waals surface area contributed by atoms with E-state index in [2.05, 4.69) is 5.10 Å². The Morgan fingerprint density at radius 2 is 2.24 bits per heavy atom. The second-order valence-corrected chi connectivity index (χ2v) is 4.46. The number of nitrogens with two attached hydrogens (primary N) is 1. The SMILES string of the molecule is NC(=O)c1cn2c3c(cccc3c1=O)SC=N2. The molecule has 0 fully saturated rings. The zero-order valence-corrected chi connectivity index (χ0v) is 9.40. The summed E-state index contributed by atoms with van der Waals surface area (Å²) >= 11 is 1.44. The summed E-state index contributed by atoms with van der Waals surface area (Å²) in [6.45, 7) is 0. The number of aromatic nitrogens is 1. The lowest BCUT2D eigenvalue weighted by atomic mass is 10.1. The third kappa shape index (κ3) is 1.38. The molecule has 1 aromatic heterocycles. The lowest BCUT2D eigenvalue weighted by molar-refractivity contribution is 0.0999. The van der Waals surface area contributed by atoms with Crippen molar-refractivity contribution in [3.05, 3.63) is 40.2 Å². The van der Waals surface area contributed by atoms with Crippen LogP contribution in [-0.2, 0) is 0 Å². The third-order valence-corrected chi connectivity index (χ3v) is 3.37. The normalized spacial score (nSPS) is 12.9. The summed E-state index contributed by atoms with van der Waals surface area (Å²) in [4.78, 5) is 24.2. The highest BCUT2D eigenvalue weighted by molar-refractivity contribution is 8.12. The largest absolute Gasteiger partial charge is 0.365 e. The van der Waals surface area contributed by atoms with E-state index in [1.165, 1.54) is 22.6 Å². The monoisotopic (exact) mass is 245 g/mol. The Morgan fingerprint density at radius 1 is 1.41 bits per heavy atom. The van der Waals surface area contributed by atoms with Crippen LogP contribution in [0.1, 0.15) is 10.4 Å². The second-order valence-electron chi connectivity index (χ2n) is 3.57. The highest BCUT2D eigenvalue weighted by Gasteiger charge is 2.16. The number of benzene rings is 1. The van der Waals surface area contributed by atoms with Crippen molar-refractivity contribution in [1.82, 2.24) is 4.68 Å². The van der Waals surface area contributed by atoms with Crippen LogP contribution in [-0.4, -0.2) is 16.1 Å². The van der Waals surface area contributed by atoms with Crippen LogP contribution in [0, 0.1) is 0 Å². The van der Waals surface area contributed by atoms with Crippen molar-refractivity contribution >= 4 is 34.1 Å². The first-order chi connectivity index (χ1) is 8.18. The Bertz CT molecular complexity index is 733. The van der Waals surface area contributed by atoms with Crippen molar-refractivity contribution in [2.45, 2.75) is 4.90 Å². The first-order valence-corrected chi connectivity index (χ1v) is 5.74. The highest BCUT2D eigenvalue weighted by Crippen LogP contribution is 2.28. The maximum atomic E-state index is 12.0. The molecule has 2 N–H and O–H groups in total. The molecule has 0 unspecified atom stereocenters. The molecule has 2 heterocycles. The minimum Gasteiger partial charge on any atom is -0.365 e. The number of amides is 1. The predicted molar refractivity (Wildman–Crippen MR) is 66.5 cm³/mol. The number of pyridine rings is 1. The molecule has 0 aliphatic carbocycles. The van der Waals surface area contributed by atoms with E-state index in [-0.39, 0.29) is 11.0 Å². The van der Waals surface area contributed by atoms with E-state index in [1.54, 1.807) is 17.7 Å². The van der Waals surface area contributed by atoms with E-state index in [1.807, 2.05) is 6.07 Å². The maximum absolute atomic E-state index is 12.0. The van der Waals surface area contributed by atoms with E-state index >= 15 is 0 Å². The third-order valence-electron chi connectivity index (χ3n) is 2.59. The van der Waals surface area contributed by atoms with Crippen LogP contribution in [0.15, 0.2) is 39.2 Å². The molecule has 1 aliphatic heterocycles. The number of para-hydroxylation sites is 1. The van der Waals surface area contributed by atoms with Crippen molar-refractivity contribution in [2.75, 3.05) is 0 Å². The molecule has 6 heteroatoms. The zero-order valence-electron chi connectivity index (χ0n) is 8.58. The van der Waals surface area contributed by atoms with Crippen LogP contribution < -0.4 is 11.2 Å². The van der Waals surface area contributed by atoms with Gasteiger partial charge in [-0.05, 0) is 12.1 Å². The highest BCUT2D eigenvalue weighted by atomic mass is 32.2. The molecule has 0 saturated carbocycles. The Hall–Kier alpha value is -2.08. The number of hydrogen-bond donors (Lipinski definition) is 1. The minimum absolute atomic E-state index is 0.0429. The van der Waals surface area contributed by atoms with Gasteiger partial charge in [-0.3, -0.25) is 9.59 Å². The van der Waals surface area contributed by atoms with Gasteiger partial charge in [0, 0.05) is 16.5 Å². The number of nitrogens with zero attached hydrogens (tertiary/aromatic N) is 2. The van der Waals surface area contributed by atoms with Crippen molar-refractivity contribution < 1.29 is 4.79 Å². The van der Waals surface area contributed by atoms with E-state index in [0.29, 0.717) is 5.39 Å². The molecule has 3 rings (SSSR count). The number of carbonyl (C=O) groups excluding carboxylic acids is 1. The summed E-state index contributed by atoms with van der Waals surface area (Å²) in [5.74, 6) is -0.737. The molecule has 5 nitrogen and oxygen atoms in total. The van der Waals surface area contributed by atoms with Gasteiger partial charge < -0.3 is 5.73 Å². The number of rotatable bonds is 1. The van der Waals surface area contributed by atoms with Gasteiger partial charge in [-0.15, -0.1) is 0 Å². The fraction of sp³-hybridized carbons (Fsp3) is 0. The van der Waals surface area contributed by atoms with Gasteiger partial charge in [-0.1, -0.05) is 17.8 Å². The van der Waals surface area contributed by atoms with Crippen LogP contribution in [0.2, 0.25) is 0 Å². The summed E-state index contributed by atoms with van der Waals surface area (Å²) in [6.07, 6.45) is 1.38. The summed E-state index contributed by atoms with van der Waals surface area (Å²) in [7, 11) is 0. The Labute approximate surface area is 99.9 Å². The van der Waals surface area contributed by atoms with Gasteiger partial charge in [0.1, 0.15) is 5.56 Å². The first-order valence-electron chi connectivity index (χ1n) is 4.86. The minimum atomic E-state index is -0.737. The van der Waals surface area contributed by atoms with Crippen molar-refractivity contribution in [3.63, 3.8) is 0 Å². The Kier molecular flexibility index (Phi) is 2.05. The maximum Gasteiger partial charge on any atom is 0.254 e. The van der Waals surface area contributed by atoms with E-state index < -0.39 is 5.91 Å². The molecule has 0 spiro atoms. The van der Waals surface area contributed by atoms with Gasteiger partial charge in [0.2, 0.25) is 5.43 Å². The quantitative estimate of drug-likeness (QED) is 0.814. The summed E-state index contributed by atoms with van der Waals surface area (Å²) in [5, 5.41) is 4.56. The molecule has 0 bridgehead atoms. The Balaban J connectivity index is 2.55. The van der Waals surface area contributed by atoms with Gasteiger partial charge >= 0.3 is 0 Å². The van der Waals surface area contributed by atoms with Crippen molar-refractivity contribution in [1.29, 1.82) is 0 Å². The van der Waals surface area contributed by atoms with Crippen LogP contribution in [0.4, 0.5) is 0 Å². The topological polar surface area (TPSA) is 77.5 Å². The van der Waals surface area contributed by atoms with E-state index in [4.69, 9.17) is 5.73 Å². The molecule has 84 valence electrons. The average Bonchev–Trinajstić information content (AvgIpc) is 2.33. The van der Waals surface area contributed by atoms with Gasteiger partial charge in [0.15, 0.2) is 0 Å². The number of primary amides is 1. The number of carbonyl (C=O) groups is 1. The molecule has 1 amide bonds. The lowest BCUT2D eigenvalue weighted by Gasteiger charge is -2.13. The fourth-order valence-electron chi connectivity index (χ4n) is 1.83. The van der Waals surface area contributed by atoms with Crippen LogP contribution in [0.5, 0.6) is 0 Å². The predicted octanol–water partition coefficient (Wildman–Crippen LogP) is 0.998. The smallest absolute Gasteiger partial charge is 0.254 e. The van der Waals surface area contributed by atoms with Gasteiger partial charge in [-0.25, -0.2) is 4.68 Å². The molecule has 0 radical (unpaired) electrons. The van der Waals surface area contributed by atoms with Gasteiger partial charge in [0.25, 0.3) is 5.91 Å². The second kappa shape index (κ2) is 3.46. The number of thioether (sulfide) groups is 1. The summed E-state index contributed by atoms with van der Waals surface area (Å²) < 4.78 is 1.52. The summed E-state index contributed by atoms with van der Waals surface area (Å²) in [6, 6.07) is 5.35. The average molecular weight is 245 g/mol. The molecule has 2 aromatic rings. The molecular weight excluding hydrogens is 238 g/mol. The zero-order chi connectivity index (χ0) is 12.0. The Morgan fingerprint density at radius 3 is 3.00 bits per heavy atom. The number of hydrogen-bond acceptors (Lipinski definition) is 4. The molecule has 1 aliphatic rings. The lowest BCUT2D eigenvalue weighted by Crippen LogP contribution is -2.24. The fourth-order valence-corrected chi connectivity index (χ4v) is 2.56. The van der Waals surface area contributed by atoms with Crippen LogP contribution in [0.25, 0.3) is 10.9 Å². The van der Waals surface area contributed by atoms with E-state index in [9.17, 15) is 9.59 Å². The van der Waals surface area contributed by atoms with Crippen LogP contribution >= 0.6 is 11.8 Å². The molecular formula is C11H7N3O2S. The molecule has 0 saturated heterocycles. The van der Waals surface area contributed by atoms with Crippen molar-refractivity contribution in [3.8, 4) is 0 Å². The molecule has 17 heavy (non-hydrogen) atoms. The summed E-state index contributed by atoms with van der Waals surface area (Å²) in [5.41, 5.74) is 7.16. The van der Waals surface area contributed by atoms with Crippen LogP contribution in [0.3, 0.4) is 0 Å². The molecule has 1 aromatic carbocycles. The van der Waals surface area contributed by atoms with Crippen molar-refractivity contribution in [2.24, 2.45) is 10.8 Å². The standard InChI is InChI=1S/C11H7N3O2S/c12-11(16)7-4-14-9-6(10(7)15)2-1-3-8(9)17-5-13-14/h1-5H,(H2,12,16). The van der Waals surface area contributed by atoms with E-state index in [0.717, 1.165) is 10.4 Å². The molecule has 0 atom stereocenters. The van der Waals surface area contributed by atoms with Gasteiger partial charge in [-0.2, -0.15) is 5.10 Å². The van der Waals surface area contributed by atoms with Gasteiger partial charge in [0.05, 0.1) is 11.1 Å².